The average Bonchev–Trinajstić information content (AvgIpc) is 3.51. The smallest absolute Gasteiger partial charge is 0.250 e. The molecule has 4 amide bonds. The second-order valence-corrected chi connectivity index (χ2v) is 11.9. The fraction of sp³-hybridized carbons (Fsp3) is 0.500. The molecule has 4 N–H and O–H groups in total. The Morgan fingerprint density at radius 3 is 2.58 bits per heavy atom. The maximum Gasteiger partial charge on any atom is 0.250 e. The molecule has 0 bridgehead atoms. The van der Waals surface area contributed by atoms with Crippen LogP contribution >= 0.6 is 11.3 Å². The van der Waals surface area contributed by atoms with Crippen molar-refractivity contribution in [1.29, 1.82) is 0 Å². The Kier molecular flexibility index (Phi) is 8.22. The molecule has 1 aromatic carbocycles. The molecular formula is C28H37N5O4S. The van der Waals surface area contributed by atoms with E-state index in [2.05, 4.69) is 10.6 Å². The molecule has 38 heavy (non-hydrogen) atoms. The van der Waals surface area contributed by atoms with Gasteiger partial charge in [-0.15, -0.1) is 0 Å². The molecule has 2 aromatic rings. The van der Waals surface area contributed by atoms with E-state index in [9.17, 15) is 19.2 Å². The van der Waals surface area contributed by atoms with Gasteiger partial charge in [-0.2, -0.15) is 11.3 Å². The summed E-state index contributed by atoms with van der Waals surface area (Å²) in [4.78, 5) is 56.0. The monoisotopic (exact) mass is 539 g/mol. The van der Waals surface area contributed by atoms with Gasteiger partial charge >= 0.3 is 0 Å². The highest BCUT2D eigenvalue weighted by Crippen LogP contribution is 2.40. The standard InChI is InChI=1S/C28H37N5O4S/c1-17(2)13-20(31-27(37)28(3,4)29)25(35)30-21-14-19-7-5-8-22(32-11-6-9-23(32)34)24(19)33(26(21)36)15-18-10-12-38-16-18/h5,7-8,10,12,16-17,20-21H,6,9,11,13-15,29H2,1-4H3,(H,30,35)(H,31,37)/t20-,21?/m1/s1. The summed E-state index contributed by atoms with van der Waals surface area (Å²) >= 11 is 1.55. The number of nitrogens with one attached hydrogen (secondary N) is 2. The Labute approximate surface area is 227 Å². The predicted molar refractivity (Wildman–Crippen MR) is 149 cm³/mol. The van der Waals surface area contributed by atoms with Crippen molar-refractivity contribution in [3.63, 3.8) is 0 Å². The molecule has 2 aliphatic rings. The summed E-state index contributed by atoms with van der Waals surface area (Å²) in [5, 5.41) is 9.63. The summed E-state index contributed by atoms with van der Waals surface area (Å²) in [7, 11) is 0. The first-order valence-electron chi connectivity index (χ1n) is 13.1. The summed E-state index contributed by atoms with van der Waals surface area (Å²) in [5.41, 5.74) is 8.11. The van der Waals surface area contributed by atoms with Gasteiger partial charge < -0.3 is 26.2 Å². The third-order valence-corrected chi connectivity index (χ3v) is 7.60. The first-order valence-corrected chi connectivity index (χ1v) is 14.0. The molecule has 0 saturated carbocycles. The van der Waals surface area contributed by atoms with Crippen molar-refractivity contribution < 1.29 is 19.2 Å². The van der Waals surface area contributed by atoms with Gasteiger partial charge in [-0.3, -0.25) is 19.2 Å². The maximum atomic E-state index is 13.9. The highest BCUT2D eigenvalue weighted by atomic mass is 32.1. The van der Waals surface area contributed by atoms with Crippen LogP contribution < -0.4 is 26.2 Å². The van der Waals surface area contributed by atoms with Gasteiger partial charge in [0, 0.05) is 19.4 Å². The van der Waals surface area contributed by atoms with E-state index in [1.165, 1.54) is 0 Å². The third-order valence-electron chi connectivity index (χ3n) is 6.87. The molecule has 0 aliphatic carbocycles. The topological polar surface area (TPSA) is 125 Å². The first-order chi connectivity index (χ1) is 18.0. The lowest BCUT2D eigenvalue weighted by Gasteiger charge is -2.37. The lowest BCUT2D eigenvalue weighted by Crippen LogP contribution is -2.59. The fourth-order valence-corrected chi connectivity index (χ4v) is 5.59. The van der Waals surface area contributed by atoms with Crippen molar-refractivity contribution in [3.05, 3.63) is 46.2 Å². The molecule has 204 valence electrons. The maximum absolute atomic E-state index is 13.9. The van der Waals surface area contributed by atoms with Crippen molar-refractivity contribution in [2.75, 3.05) is 16.3 Å². The van der Waals surface area contributed by atoms with Crippen molar-refractivity contribution in [1.82, 2.24) is 10.6 Å². The van der Waals surface area contributed by atoms with Gasteiger partial charge in [-0.25, -0.2) is 0 Å². The van der Waals surface area contributed by atoms with Crippen LogP contribution in [0.5, 0.6) is 0 Å². The molecule has 2 atom stereocenters. The van der Waals surface area contributed by atoms with Gasteiger partial charge in [0.05, 0.1) is 23.5 Å². The Morgan fingerprint density at radius 1 is 1.21 bits per heavy atom. The number of carbonyl (C=O) groups excluding carboxylic acids is 4. The highest BCUT2D eigenvalue weighted by molar-refractivity contribution is 7.07. The molecule has 10 heteroatoms. The van der Waals surface area contributed by atoms with Crippen LogP contribution in [0.15, 0.2) is 35.0 Å². The van der Waals surface area contributed by atoms with Crippen molar-refractivity contribution in [2.24, 2.45) is 11.7 Å². The molecule has 1 saturated heterocycles. The second kappa shape index (κ2) is 11.2. The number of anilines is 2. The largest absolute Gasteiger partial charge is 0.343 e. The molecule has 3 heterocycles. The highest BCUT2D eigenvalue weighted by Gasteiger charge is 2.39. The number of carbonyl (C=O) groups is 4. The van der Waals surface area contributed by atoms with Gasteiger partial charge in [0.2, 0.25) is 23.6 Å². The molecule has 0 radical (unpaired) electrons. The number of benzene rings is 1. The van der Waals surface area contributed by atoms with Crippen LogP contribution in [-0.2, 0) is 32.1 Å². The number of para-hydroxylation sites is 1. The van der Waals surface area contributed by atoms with Crippen LogP contribution in [-0.4, -0.2) is 47.8 Å². The number of amides is 4. The van der Waals surface area contributed by atoms with E-state index in [-0.39, 0.29) is 17.7 Å². The number of thiophene rings is 1. The van der Waals surface area contributed by atoms with Gasteiger partial charge in [-0.05, 0) is 66.6 Å². The summed E-state index contributed by atoms with van der Waals surface area (Å²) in [6.45, 7) is 8.04. The Balaban J connectivity index is 1.64. The van der Waals surface area contributed by atoms with E-state index in [1.807, 2.05) is 48.9 Å². The number of nitrogens with zero attached hydrogens (tertiary/aromatic N) is 2. The van der Waals surface area contributed by atoms with Gasteiger partial charge in [-0.1, -0.05) is 26.0 Å². The van der Waals surface area contributed by atoms with Crippen LogP contribution in [0.25, 0.3) is 0 Å². The first kappa shape index (κ1) is 27.8. The average molecular weight is 540 g/mol. The van der Waals surface area contributed by atoms with Gasteiger partial charge in [0.25, 0.3) is 0 Å². The van der Waals surface area contributed by atoms with Crippen LogP contribution in [0.1, 0.15) is 58.1 Å². The van der Waals surface area contributed by atoms with Crippen molar-refractivity contribution >= 4 is 46.3 Å². The number of nitrogens with two attached hydrogens (primary N) is 1. The number of hydrogen-bond donors (Lipinski definition) is 3. The lowest BCUT2D eigenvalue weighted by molar-refractivity contribution is -0.133. The van der Waals surface area contributed by atoms with E-state index < -0.39 is 29.4 Å². The molecule has 1 unspecified atom stereocenters. The SMILES string of the molecule is CC(C)C[C@@H](NC(=O)C(C)(C)N)C(=O)NC1Cc2cccc(N3CCCC3=O)c2N(Cc2ccsc2)C1=O. The minimum Gasteiger partial charge on any atom is -0.343 e. The minimum absolute atomic E-state index is 0.0480. The van der Waals surface area contributed by atoms with Crippen molar-refractivity contribution in [3.8, 4) is 0 Å². The van der Waals surface area contributed by atoms with Crippen LogP contribution in [0.2, 0.25) is 0 Å². The molecule has 0 spiro atoms. The summed E-state index contributed by atoms with van der Waals surface area (Å²) in [6.07, 6.45) is 1.97. The van der Waals surface area contributed by atoms with Crippen LogP contribution in [0.3, 0.4) is 0 Å². The molecule has 9 nitrogen and oxygen atoms in total. The Hall–Kier alpha value is -3.24. The van der Waals surface area contributed by atoms with Crippen LogP contribution in [0, 0.1) is 5.92 Å². The zero-order chi connectivity index (χ0) is 27.6. The quantitative estimate of drug-likeness (QED) is 0.452. The Morgan fingerprint density at radius 2 is 1.97 bits per heavy atom. The third kappa shape index (κ3) is 6.07. The zero-order valence-corrected chi connectivity index (χ0v) is 23.3. The van der Waals surface area contributed by atoms with E-state index >= 15 is 0 Å². The fourth-order valence-electron chi connectivity index (χ4n) is 4.93. The lowest BCUT2D eigenvalue weighted by atomic mass is 9.94. The van der Waals surface area contributed by atoms with Crippen molar-refractivity contribution in [2.45, 2.75) is 77.5 Å². The van der Waals surface area contributed by atoms with Gasteiger partial charge in [0.1, 0.15) is 12.1 Å². The molecular weight excluding hydrogens is 502 g/mol. The molecule has 2 aliphatic heterocycles. The molecule has 1 aromatic heterocycles. The Bertz CT molecular complexity index is 1200. The summed E-state index contributed by atoms with van der Waals surface area (Å²) in [6, 6.07) is 6.05. The molecule has 1 fully saturated rings. The summed E-state index contributed by atoms with van der Waals surface area (Å²) < 4.78 is 0. The molecule has 4 rings (SSSR count). The van der Waals surface area contributed by atoms with E-state index in [0.717, 1.165) is 28.9 Å². The summed E-state index contributed by atoms with van der Waals surface area (Å²) in [5.74, 6) is -0.917. The predicted octanol–water partition coefficient (Wildman–Crippen LogP) is 2.72. The van der Waals surface area contributed by atoms with E-state index in [1.54, 1.807) is 35.0 Å². The number of rotatable bonds is 9. The van der Waals surface area contributed by atoms with E-state index in [0.29, 0.717) is 32.4 Å². The van der Waals surface area contributed by atoms with E-state index in [4.69, 9.17) is 5.73 Å². The van der Waals surface area contributed by atoms with Gasteiger partial charge in [0.15, 0.2) is 0 Å². The zero-order valence-electron chi connectivity index (χ0n) is 22.5. The number of hydrogen-bond acceptors (Lipinski definition) is 6. The number of fused-ring (bicyclic) bond motifs is 1. The normalized spacial score (nSPS) is 18.5. The second-order valence-electron chi connectivity index (χ2n) is 11.1. The van der Waals surface area contributed by atoms with Crippen LogP contribution in [0.4, 0.5) is 11.4 Å². The minimum atomic E-state index is -1.14.